The van der Waals surface area contributed by atoms with Crippen molar-refractivity contribution < 1.29 is 4.74 Å². The van der Waals surface area contributed by atoms with Crippen LogP contribution in [0.3, 0.4) is 0 Å². The smallest absolute Gasteiger partial charge is 0.0755 e. The summed E-state index contributed by atoms with van der Waals surface area (Å²) in [6, 6.07) is 28.0. The molecule has 3 heteroatoms. The van der Waals surface area contributed by atoms with Crippen molar-refractivity contribution in [3.05, 3.63) is 89.4 Å². The lowest BCUT2D eigenvalue weighted by molar-refractivity contribution is 0.0316. The summed E-state index contributed by atoms with van der Waals surface area (Å²) in [6.45, 7) is 2.65. The second-order valence-electron chi connectivity index (χ2n) is 6.97. The van der Waals surface area contributed by atoms with Crippen LogP contribution in [0.25, 0.3) is 11.1 Å². The molecule has 0 bridgehead atoms. The van der Waals surface area contributed by atoms with Crippen molar-refractivity contribution in [2.24, 2.45) is 0 Å². The van der Waals surface area contributed by atoms with Gasteiger partial charge >= 0.3 is 0 Å². The van der Waals surface area contributed by atoms with E-state index in [4.69, 9.17) is 16.3 Å². The standard InChI is InChI=1S/C24H23ClNO/c25-22-12-8-19(9-13-22)18-27-24-7-4-16-26(17-24)23-14-10-21(11-15-23)20-5-2-1-3-6-20/h1-3,5,8-15,24H,4,7,16-18H2. The fraction of sp³-hybridized carbons (Fsp3) is 0.250. The number of piperidine rings is 1. The van der Waals surface area contributed by atoms with E-state index in [1.54, 1.807) is 0 Å². The van der Waals surface area contributed by atoms with Gasteiger partial charge < -0.3 is 9.64 Å². The molecule has 0 N–H and O–H groups in total. The van der Waals surface area contributed by atoms with Crippen LogP contribution in [0.5, 0.6) is 0 Å². The van der Waals surface area contributed by atoms with Gasteiger partial charge in [0.25, 0.3) is 0 Å². The number of ether oxygens (including phenoxy) is 1. The molecule has 27 heavy (non-hydrogen) atoms. The van der Waals surface area contributed by atoms with Gasteiger partial charge in [-0.3, -0.25) is 0 Å². The molecule has 1 unspecified atom stereocenters. The highest BCUT2D eigenvalue weighted by molar-refractivity contribution is 6.30. The molecular weight excluding hydrogens is 354 g/mol. The van der Waals surface area contributed by atoms with Gasteiger partial charge in [0, 0.05) is 23.8 Å². The highest BCUT2D eigenvalue weighted by atomic mass is 35.5. The van der Waals surface area contributed by atoms with E-state index in [9.17, 15) is 0 Å². The quantitative estimate of drug-likeness (QED) is 0.542. The summed E-state index contributed by atoms with van der Waals surface area (Å²) in [7, 11) is 0. The average molecular weight is 377 g/mol. The van der Waals surface area contributed by atoms with Crippen LogP contribution >= 0.6 is 11.6 Å². The Morgan fingerprint density at radius 1 is 1.00 bits per heavy atom. The highest BCUT2D eigenvalue weighted by Gasteiger charge is 2.20. The number of anilines is 1. The van der Waals surface area contributed by atoms with E-state index in [2.05, 4.69) is 41.3 Å². The van der Waals surface area contributed by atoms with Gasteiger partial charge in [-0.15, -0.1) is 0 Å². The van der Waals surface area contributed by atoms with Crippen molar-refractivity contribution in [3.63, 3.8) is 0 Å². The second-order valence-corrected chi connectivity index (χ2v) is 7.41. The minimum absolute atomic E-state index is 0.261. The Morgan fingerprint density at radius 3 is 2.56 bits per heavy atom. The number of halogens is 1. The second kappa shape index (κ2) is 8.60. The Bertz CT molecular complexity index is 846. The number of benzene rings is 3. The van der Waals surface area contributed by atoms with Crippen LogP contribution in [-0.2, 0) is 11.3 Å². The molecule has 0 aliphatic carbocycles. The maximum absolute atomic E-state index is 6.16. The number of hydrogen-bond acceptors (Lipinski definition) is 2. The third-order valence-electron chi connectivity index (χ3n) is 5.03. The van der Waals surface area contributed by atoms with E-state index in [1.807, 2.05) is 42.5 Å². The van der Waals surface area contributed by atoms with E-state index in [1.165, 1.54) is 16.8 Å². The zero-order chi connectivity index (χ0) is 18.5. The summed E-state index contributed by atoms with van der Waals surface area (Å²) in [6.07, 6.45) is 2.53. The first-order valence-corrected chi connectivity index (χ1v) is 9.84. The minimum Gasteiger partial charge on any atom is -0.372 e. The van der Waals surface area contributed by atoms with Gasteiger partial charge in [-0.25, -0.2) is 0 Å². The molecule has 1 heterocycles. The van der Waals surface area contributed by atoms with Crippen LogP contribution < -0.4 is 4.90 Å². The predicted octanol–water partition coefficient (Wildman–Crippen LogP) is 5.99. The lowest BCUT2D eigenvalue weighted by Crippen LogP contribution is -2.39. The summed E-state index contributed by atoms with van der Waals surface area (Å²) in [5, 5.41) is 0.763. The largest absolute Gasteiger partial charge is 0.372 e. The van der Waals surface area contributed by atoms with Crippen LogP contribution in [0.15, 0.2) is 72.8 Å². The fourth-order valence-electron chi connectivity index (χ4n) is 3.53. The van der Waals surface area contributed by atoms with E-state index in [0.717, 1.165) is 36.5 Å². The SMILES string of the molecule is Clc1ccc(COC2CCCN(c3ccc(-c4[c]cccc4)cc3)C2)cc1. The summed E-state index contributed by atoms with van der Waals surface area (Å²) in [5.74, 6) is 0. The summed E-state index contributed by atoms with van der Waals surface area (Å²) < 4.78 is 6.16. The first kappa shape index (κ1) is 18.1. The molecule has 0 saturated carbocycles. The Kier molecular flexibility index (Phi) is 5.76. The highest BCUT2D eigenvalue weighted by Crippen LogP contribution is 2.26. The van der Waals surface area contributed by atoms with Crippen molar-refractivity contribution in [2.75, 3.05) is 18.0 Å². The monoisotopic (exact) mass is 376 g/mol. The first-order valence-electron chi connectivity index (χ1n) is 9.46. The van der Waals surface area contributed by atoms with E-state index in [0.29, 0.717) is 6.61 Å². The average Bonchev–Trinajstić information content (AvgIpc) is 2.74. The summed E-state index contributed by atoms with van der Waals surface area (Å²) in [5.41, 5.74) is 4.76. The molecule has 1 aliphatic heterocycles. The molecule has 1 radical (unpaired) electrons. The Morgan fingerprint density at radius 2 is 1.81 bits per heavy atom. The van der Waals surface area contributed by atoms with Gasteiger partial charge in [0.15, 0.2) is 0 Å². The third-order valence-corrected chi connectivity index (χ3v) is 5.28. The van der Waals surface area contributed by atoms with Crippen molar-refractivity contribution >= 4 is 17.3 Å². The zero-order valence-corrected chi connectivity index (χ0v) is 16.0. The van der Waals surface area contributed by atoms with Crippen LogP contribution in [0, 0.1) is 6.07 Å². The molecule has 2 nitrogen and oxygen atoms in total. The molecule has 0 amide bonds. The first-order chi connectivity index (χ1) is 13.3. The fourth-order valence-corrected chi connectivity index (χ4v) is 3.65. The maximum atomic E-state index is 6.16. The molecular formula is C24H23ClNO. The number of nitrogens with zero attached hydrogens (tertiary/aromatic N) is 1. The van der Waals surface area contributed by atoms with Crippen LogP contribution in [-0.4, -0.2) is 19.2 Å². The van der Waals surface area contributed by atoms with Crippen molar-refractivity contribution in [1.29, 1.82) is 0 Å². The van der Waals surface area contributed by atoms with Gasteiger partial charge in [-0.2, -0.15) is 0 Å². The molecule has 3 aromatic carbocycles. The topological polar surface area (TPSA) is 12.5 Å². The normalized spacial score (nSPS) is 17.1. The van der Waals surface area contributed by atoms with Crippen molar-refractivity contribution in [3.8, 4) is 11.1 Å². The van der Waals surface area contributed by atoms with Crippen LogP contribution in [0.2, 0.25) is 5.02 Å². The third kappa shape index (κ3) is 4.71. The maximum Gasteiger partial charge on any atom is 0.0755 e. The predicted molar refractivity (Wildman–Crippen MR) is 112 cm³/mol. The number of rotatable bonds is 5. The molecule has 1 saturated heterocycles. The van der Waals surface area contributed by atoms with Gasteiger partial charge in [0.05, 0.1) is 12.7 Å². The van der Waals surface area contributed by atoms with Crippen LogP contribution in [0.1, 0.15) is 18.4 Å². The lowest BCUT2D eigenvalue weighted by Gasteiger charge is -2.34. The zero-order valence-electron chi connectivity index (χ0n) is 15.3. The Balaban J connectivity index is 1.37. The van der Waals surface area contributed by atoms with Crippen molar-refractivity contribution in [2.45, 2.75) is 25.6 Å². The van der Waals surface area contributed by atoms with Crippen LogP contribution in [0.4, 0.5) is 5.69 Å². The van der Waals surface area contributed by atoms with Gasteiger partial charge in [-0.1, -0.05) is 60.1 Å². The van der Waals surface area contributed by atoms with Gasteiger partial charge in [0.2, 0.25) is 0 Å². The van der Waals surface area contributed by atoms with E-state index in [-0.39, 0.29) is 6.10 Å². The molecule has 4 rings (SSSR count). The molecule has 3 aromatic rings. The van der Waals surface area contributed by atoms with Gasteiger partial charge in [0.1, 0.15) is 0 Å². The molecule has 1 fully saturated rings. The molecule has 0 spiro atoms. The summed E-state index contributed by atoms with van der Waals surface area (Å²) >= 11 is 5.95. The minimum atomic E-state index is 0.261. The van der Waals surface area contributed by atoms with E-state index < -0.39 is 0 Å². The van der Waals surface area contributed by atoms with Gasteiger partial charge in [-0.05, 0) is 59.9 Å². The molecule has 0 aromatic heterocycles. The lowest BCUT2D eigenvalue weighted by atomic mass is 10.0. The van der Waals surface area contributed by atoms with E-state index >= 15 is 0 Å². The Labute approximate surface area is 166 Å². The molecule has 1 atom stereocenters. The molecule has 1 aliphatic rings. The number of hydrogen-bond donors (Lipinski definition) is 0. The van der Waals surface area contributed by atoms with Crippen molar-refractivity contribution in [1.82, 2.24) is 0 Å². The Hall–Kier alpha value is -2.29. The molecule has 137 valence electrons. The summed E-state index contributed by atoms with van der Waals surface area (Å²) in [4.78, 5) is 2.43.